The fourth-order valence-electron chi connectivity index (χ4n) is 6.15. The van der Waals surface area contributed by atoms with E-state index in [9.17, 15) is 4.79 Å². The van der Waals surface area contributed by atoms with Crippen molar-refractivity contribution in [3.63, 3.8) is 0 Å². The van der Waals surface area contributed by atoms with E-state index in [-0.39, 0.29) is 29.8 Å². The van der Waals surface area contributed by atoms with Crippen LogP contribution in [-0.2, 0) is 34.5 Å². The summed E-state index contributed by atoms with van der Waals surface area (Å²) in [5.41, 5.74) is 2.02. The maximum absolute atomic E-state index is 13.3. The molecule has 1 saturated heterocycles. The van der Waals surface area contributed by atoms with E-state index in [1.165, 1.54) is 0 Å². The van der Waals surface area contributed by atoms with E-state index in [1.807, 2.05) is 36.4 Å². The first kappa shape index (κ1) is 39.6. The average molecular weight is 661 g/mol. The molecule has 1 heterocycles. The molecule has 2 rings (SSSR count). The molecule has 0 radical (unpaired) electrons. The molecule has 256 valence electrons. The van der Waals surface area contributed by atoms with Crippen LogP contribution in [0.5, 0.6) is 0 Å². The van der Waals surface area contributed by atoms with Crippen molar-refractivity contribution in [3.05, 3.63) is 59.7 Å². The van der Waals surface area contributed by atoms with Gasteiger partial charge in [-0.05, 0) is 52.2 Å². The van der Waals surface area contributed by atoms with E-state index in [4.69, 9.17) is 23.1 Å². The van der Waals surface area contributed by atoms with Gasteiger partial charge in [-0.15, -0.1) is 0 Å². The van der Waals surface area contributed by atoms with Gasteiger partial charge in [0.1, 0.15) is 6.79 Å². The Hall–Kier alpha value is -1.56. The summed E-state index contributed by atoms with van der Waals surface area (Å²) in [7, 11) is -3.99. The third-order valence-corrected chi connectivity index (χ3v) is 20.4. The van der Waals surface area contributed by atoms with Gasteiger partial charge in [-0.1, -0.05) is 125 Å². The first-order valence-electron chi connectivity index (χ1n) is 16.8. The fraction of sp³-hybridized carbons (Fsp3) is 0.703. The van der Waals surface area contributed by atoms with E-state index in [0.717, 1.165) is 5.56 Å². The lowest BCUT2D eigenvalue weighted by Gasteiger charge is -2.44. The third kappa shape index (κ3) is 11.3. The van der Waals surface area contributed by atoms with E-state index in [2.05, 4.69) is 101 Å². The first-order valence-corrected chi connectivity index (χ1v) is 21.9. The fourth-order valence-corrected chi connectivity index (χ4v) is 12.6. The predicted molar refractivity (Wildman–Crippen MR) is 191 cm³/mol. The molecule has 8 heteroatoms. The first-order chi connectivity index (χ1) is 20.8. The van der Waals surface area contributed by atoms with Crippen molar-refractivity contribution in [3.8, 4) is 0 Å². The summed E-state index contributed by atoms with van der Waals surface area (Å²) >= 11 is 0. The Morgan fingerprint density at radius 1 is 0.889 bits per heavy atom. The zero-order valence-corrected chi connectivity index (χ0v) is 32.8. The Morgan fingerprint density at radius 3 is 2.04 bits per heavy atom. The molecule has 0 aliphatic carbocycles. The molecular weight excluding hydrogens is 597 g/mol. The number of carbonyl (C=O) groups is 1. The molecule has 1 atom stereocenters. The summed E-state index contributed by atoms with van der Waals surface area (Å²) in [6.07, 6.45) is 7.55. The number of carbonyl (C=O) groups excluding carboxylic acids is 1. The number of rotatable bonds is 18. The van der Waals surface area contributed by atoms with Gasteiger partial charge in [0.2, 0.25) is 8.32 Å². The number of hydrogen-bond acceptors (Lipinski definition) is 6. The number of esters is 1. The molecule has 1 aromatic carbocycles. The molecule has 0 N–H and O–H groups in total. The average Bonchev–Trinajstić information content (AvgIpc) is 3.24. The number of ether oxygens (including phenoxy) is 3. The van der Waals surface area contributed by atoms with Crippen LogP contribution in [0.3, 0.4) is 0 Å². The lowest BCUT2D eigenvalue weighted by Crippen LogP contribution is -2.52. The van der Waals surface area contributed by atoms with Gasteiger partial charge in [-0.3, -0.25) is 0 Å². The van der Waals surface area contributed by atoms with Gasteiger partial charge in [0.25, 0.3) is 0 Å². The van der Waals surface area contributed by atoms with Crippen molar-refractivity contribution in [1.29, 1.82) is 0 Å². The molecule has 0 amide bonds. The zero-order valence-electron chi connectivity index (χ0n) is 30.8. The molecular formula is C37H64O6Si2. The summed E-state index contributed by atoms with van der Waals surface area (Å²) in [5, 5.41) is 0.180. The van der Waals surface area contributed by atoms with E-state index >= 15 is 0 Å². The number of benzene rings is 1. The molecule has 6 nitrogen and oxygen atoms in total. The normalized spacial score (nSPS) is 19.6. The quantitative estimate of drug-likeness (QED) is 0.0390. The van der Waals surface area contributed by atoms with Crippen molar-refractivity contribution >= 4 is 22.6 Å². The highest BCUT2D eigenvalue weighted by molar-refractivity contribution is 6.77. The van der Waals surface area contributed by atoms with Crippen LogP contribution in [0.15, 0.2) is 54.1 Å². The van der Waals surface area contributed by atoms with Crippen molar-refractivity contribution in [2.24, 2.45) is 5.41 Å². The maximum Gasteiger partial charge on any atom is 0.334 e. The largest absolute Gasteiger partial charge is 0.450 e. The highest BCUT2D eigenvalue weighted by Gasteiger charge is 2.50. The van der Waals surface area contributed by atoms with Crippen LogP contribution >= 0.6 is 0 Å². The minimum Gasteiger partial charge on any atom is -0.450 e. The summed E-state index contributed by atoms with van der Waals surface area (Å²) < 4.78 is 31.3. The Labute approximate surface area is 277 Å². The molecule has 1 aromatic rings. The topological polar surface area (TPSA) is 63.2 Å². The molecule has 0 saturated carbocycles. The minimum absolute atomic E-state index is 0.114. The SMILES string of the molecule is CC(C)[Si](OC[C@]1(COCOCc2ccccc2)C/C(=C/CC(C)(C)/C=C/CO[Si](C)(C)C(C)(C)C)C(=O)O1)(C(C)C)C(C)C. The van der Waals surface area contributed by atoms with Gasteiger partial charge >= 0.3 is 5.97 Å². The molecule has 1 aliphatic rings. The van der Waals surface area contributed by atoms with Crippen LogP contribution in [0.25, 0.3) is 0 Å². The van der Waals surface area contributed by atoms with Crippen molar-refractivity contribution in [2.45, 2.75) is 136 Å². The van der Waals surface area contributed by atoms with Gasteiger partial charge in [-0.2, -0.15) is 0 Å². The lowest BCUT2D eigenvalue weighted by molar-refractivity contribution is -0.164. The summed E-state index contributed by atoms with van der Waals surface area (Å²) in [5.74, 6) is -0.278. The van der Waals surface area contributed by atoms with Crippen LogP contribution in [-0.4, -0.2) is 54.8 Å². The summed E-state index contributed by atoms with van der Waals surface area (Å²) in [6, 6.07) is 10.0. The van der Waals surface area contributed by atoms with Crippen LogP contribution in [0, 0.1) is 5.41 Å². The molecule has 0 bridgehead atoms. The van der Waals surface area contributed by atoms with Gasteiger partial charge in [0.05, 0.1) is 26.4 Å². The number of cyclic esters (lactones) is 1. The van der Waals surface area contributed by atoms with Crippen molar-refractivity contribution in [1.82, 2.24) is 0 Å². The second kappa shape index (κ2) is 16.5. The monoisotopic (exact) mass is 660 g/mol. The van der Waals surface area contributed by atoms with Gasteiger partial charge in [-0.25, -0.2) is 4.79 Å². The minimum atomic E-state index is -2.19. The molecule has 1 fully saturated rings. The highest BCUT2D eigenvalue weighted by atomic mass is 28.4. The predicted octanol–water partition coefficient (Wildman–Crippen LogP) is 9.98. The molecule has 1 aliphatic heterocycles. The highest BCUT2D eigenvalue weighted by Crippen LogP contribution is 2.44. The number of allylic oxidation sites excluding steroid dienone is 2. The van der Waals surface area contributed by atoms with Gasteiger partial charge in [0, 0.05) is 12.0 Å². The lowest BCUT2D eigenvalue weighted by atomic mass is 9.87. The van der Waals surface area contributed by atoms with E-state index in [0.29, 0.717) is 54.9 Å². The van der Waals surface area contributed by atoms with Crippen LogP contribution < -0.4 is 0 Å². The van der Waals surface area contributed by atoms with Crippen LogP contribution in [0.2, 0.25) is 34.8 Å². The summed E-state index contributed by atoms with van der Waals surface area (Å²) in [4.78, 5) is 13.3. The molecule has 0 aromatic heterocycles. The second-order valence-electron chi connectivity index (χ2n) is 16.1. The zero-order chi connectivity index (χ0) is 34.1. The van der Waals surface area contributed by atoms with Crippen molar-refractivity contribution < 1.29 is 27.9 Å². The number of hydrogen-bond donors (Lipinski definition) is 0. The van der Waals surface area contributed by atoms with Crippen LogP contribution in [0.1, 0.15) is 94.6 Å². The van der Waals surface area contributed by atoms with Gasteiger partial charge < -0.3 is 23.1 Å². The molecule has 0 unspecified atom stereocenters. The Bertz CT molecular complexity index is 1100. The van der Waals surface area contributed by atoms with Gasteiger partial charge in [0.15, 0.2) is 13.9 Å². The van der Waals surface area contributed by atoms with Crippen molar-refractivity contribution in [2.75, 3.05) is 26.6 Å². The summed E-state index contributed by atoms with van der Waals surface area (Å²) in [6.45, 7) is 31.0. The standard InChI is InChI=1S/C37H64O6Si2/c1-29(2)45(30(3)4,31(5)6)42-27-37(26-40-28-39-25-32-18-15-14-16-19-32)24-33(34(38)43-37)20-22-36(10,11)21-17-23-41-44(12,13)35(7,8)9/h14-21,29-31H,22-28H2,1-13H3/b21-17+,33-20-/t37-/m1/s1. The smallest absolute Gasteiger partial charge is 0.334 e. The molecule has 0 spiro atoms. The van der Waals surface area contributed by atoms with E-state index in [1.54, 1.807) is 0 Å². The Morgan fingerprint density at radius 2 is 1.49 bits per heavy atom. The Kier molecular flexibility index (Phi) is 14.5. The maximum atomic E-state index is 13.3. The molecule has 45 heavy (non-hydrogen) atoms. The van der Waals surface area contributed by atoms with Crippen LogP contribution in [0.4, 0.5) is 0 Å². The second-order valence-corrected chi connectivity index (χ2v) is 26.3. The van der Waals surface area contributed by atoms with E-state index < -0.39 is 22.2 Å². The third-order valence-electron chi connectivity index (χ3n) is 9.81. The Balaban J connectivity index is 2.16.